The summed E-state index contributed by atoms with van der Waals surface area (Å²) in [6.07, 6.45) is 6.38. The van der Waals surface area contributed by atoms with E-state index in [0.29, 0.717) is 0 Å². The first-order chi connectivity index (χ1) is 9.38. The molecule has 0 bridgehead atoms. The van der Waals surface area contributed by atoms with Crippen molar-refractivity contribution < 1.29 is 5.11 Å². The lowest BCUT2D eigenvalue weighted by atomic mass is 9.85. The van der Waals surface area contributed by atoms with E-state index in [4.69, 9.17) is 0 Å². The van der Waals surface area contributed by atoms with Gasteiger partial charge >= 0.3 is 0 Å². The molecule has 2 rings (SSSR count). The standard InChI is InChI=1S/C19H30O/c1-14(2)18-6-5-8-19(20,9-7-18)13-17-11-15(3)10-16(4)12-17/h10-12,14,18,20H,5-9,13H2,1-4H3. The predicted octanol–water partition coefficient (Wildman–Crippen LogP) is 4.81. The molecule has 0 spiro atoms. The molecule has 1 aromatic rings. The Morgan fingerprint density at radius 3 is 2.35 bits per heavy atom. The summed E-state index contributed by atoms with van der Waals surface area (Å²) in [7, 11) is 0. The molecule has 0 aromatic heterocycles. The van der Waals surface area contributed by atoms with Crippen molar-refractivity contribution in [2.24, 2.45) is 11.8 Å². The zero-order chi connectivity index (χ0) is 14.8. The molecule has 1 aliphatic carbocycles. The third-order valence-electron chi connectivity index (χ3n) is 4.95. The molecule has 0 radical (unpaired) electrons. The van der Waals surface area contributed by atoms with Crippen LogP contribution in [0.15, 0.2) is 18.2 Å². The minimum atomic E-state index is -0.482. The molecule has 1 fully saturated rings. The second kappa shape index (κ2) is 6.30. The summed E-state index contributed by atoms with van der Waals surface area (Å²) in [6, 6.07) is 6.67. The Kier molecular flexibility index (Phi) is 4.90. The first-order valence-corrected chi connectivity index (χ1v) is 8.17. The summed E-state index contributed by atoms with van der Waals surface area (Å²) in [5.41, 5.74) is 3.42. The van der Waals surface area contributed by atoms with E-state index in [-0.39, 0.29) is 0 Å². The maximum absolute atomic E-state index is 11.0. The van der Waals surface area contributed by atoms with Crippen molar-refractivity contribution in [1.29, 1.82) is 0 Å². The van der Waals surface area contributed by atoms with Crippen molar-refractivity contribution in [3.05, 3.63) is 34.9 Å². The van der Waals surface area contributed by atoms with Crippen molar-refractivity contribution in [2.75, 3.05) is 0 Å². The van der Waals surface area contributed by atoms with Gasteiger partial charge < -0.3 is 5.11 Å². The molecule has 2 atom stereocenters. The van der Waals surface area contributed by atoms with Gasteiger partial charge in [0.15, 0.2) is 0 Å². The van der Waals surface area contributed by atoms with Crippen molar-refractivity contribution in [3.63, 3.8) is 0 Å². The number of hydrogen-bond acceptors (Lipinski definition) is 1. The van der Waals surface area contributed by atoms with E-state index in [0.717, 1.165) is 31.1 Å². The summed E-state index contributed by atoms with van der Waals surface area (Å²) in [5, 5.41) is 11.0. The van der Waals surface area contributed by atoms with Gasteiger partial charge in [0.1, 0.15) is 0 Å². The number of aryl methyl sites for hydroxylation is 2. The van der Waals surface area contributed by atoms with Gasteiger partial charge in [0.2, 0.25) is 0 Å². The average molecular weight is 274 g/mol. The van der Waals surface area contributed by atoms with Crippen molar-refractivity contribution >= 4 is 0 Å². The van der Waals surface area contributed by atoms with E-state index in [1.54, 1.807) is 0 Å². The normalized spacial score (nSPS) is 27.6. The molecule has 1 aromatic carbocycles. The molecule has 1 nitrogen and oxygen atoms in total. The monoisotopic (exact) mass is 274 g/mol. The lowest BCUT2D eigenvalue weighted by molar-refractivity contribution is 0.0236. The number of aliphatic hydroxyl groups is 1. The Labute approximate surface area is 124 Å². The minimum absolute atomic E-state index is 0.482. The summed E-state index contributed by atoms with van der Waals surface area (Å²) in [5.74, 6) is 1.54. The average Bonchev–Trinajstić information content (AvgIpc) is 2.49. The molecule has 0 heterocycles. The van der Waals surface area contributed by atoms with Gasteiger partial charge in [0.05, 0.1) is 5.60 Å². The number of benzene rings is 1. The number of hydrogen-bond donors (Lipinski definition) is 1. The van der Waals surface area contributed by atoms with E-state index in [2.05, 4.69) is 45.9 Å². The molecule has 0 saturated heterocycles. The quantitative estimate of drug-likeness (QED) is 0.784. The third-order valence-corrected chi connectivity index (χ3v) is 4.95. The Morgan fingerprint density at radius 1 is 1.10 bits per heavy atom. The molecule has 0 aliphatic heterocycles. The zero-order valence-electron chi connectivity index (χ0n) is 13.6. The number of rotatable bonds is 3. The lowest BCUT2D eigenvalue weighted by Crippen LogP contribution is -2.30. The van der Waals surface area contributed by atoms with Crippen LogP contribution < -0.4 is 0 Å². The highest BCUT2D eigenvalue weighted by Crippen LogP contribution is 2.36. The second-order valence-corrected chi connectivity index (χ2v) is 7.33. The van der Waals surface area contributed by atoms with Gasteiger partial charge in [-0.2, -0.15) is 0 Å². The fraction of sp³-hybridized carbons (Fsp3) is 0.684. The van der Waals surface area contributed by atoms with Crippen LogP contribution >= 0.6 is 0 Å². The van der Waals surface area contributed by atoms with E-state index >= 15 is 0 Å². The Hall–Kier alpha value is -0.820. The highest BCUT2D eigenvalue weighted by Gasteiger charge is 2.31. The molecule has 20 heavy (non-hydrogen) atoms. The van der Waals surface area contributed by atoms with Crippen molar-refractivity contribution in [3.8, 4) is 0 Å². The Balaban J connectivity index is 2.07. The molecular formula is C19H30O. The molecule has 1 saturated carbocycles. The van der Waals surface area contributed by atoms with Crippen LogP contribution in [0.3, 0.4) is 0 Å². The first-order valence-electron chi connectivity index (χ1n) is 8.17. The Morgan fingerprint density at radius 2 is 1.75 bits per heavy atom. The van der Waals surface area contributed by atoms with Crippen LogP contribution in [0, 0.1) is 25.7 Å². The van der Waals surface area contributed by atoms with Crippen LogP contribution in [0.4, 0.5) is 0 Å². The fourth-order valence-electron chi connectivity index (χ4n) is 3.81. The van der Waals surface area contributed by atoms with Crippen molar-refractivity contribution in [2.45, 2.75) is 71.8 Å². The van der Waals surface area contributed by atoms with Gasteiger partial charge in [-0.3, -0.25) is 0 Å². The molecular weight excluding hydrogens is 244 g/mol. The lowest BCUT2D eigenvalue weighted by Gasteiger charge is -2.27. The highest BCUT2D eigenvalue weighted by atomic mass is 16.3. The smallest absolute Gasteiger partial charge is 0.0688 e. The van der Waals surface area contributed by atoms with E-state index in [1.807, 2.05) is 0 Å². The van der Waals surface area contributed by atoms with Crippen LogP contribution in [0.2, 0.25) is 0 Å². The van der Waals surface area contributed by atoms with Gasteiger partial charge in [-0.15, -0.1) is 0 Å². The van der Waals surface area contributed by atoms with Crippen LogP contribution in [0.5, 0.6) is 0 Å². The maximum Gasteiger partial charge on any atom is 0.0688 e. The first kappa shape index (κ1) is 15.6. The second-order valence-electron chi connectivity index (χ2n) is 7.33. The zero-order valence-corrected chi connectivity index (χ0v) is 13.6. The molecule has 112 valence electrons. The van der Waals surface area contributed by atoms with Gasteiger partial charge in [-0.25, -0.2) is 0 Å². The topological polar surface area (TPSA) is 20.2 Å². The minimum Gasteiger partial charge on any atom is -0.390 e. The van der Waals surface area contributed by atoms with Gasteiger partial charge in [0.25, 0.3) is 0 Å². The summed E-state index contributed by atoms with van der Waals surface area (Å²) < 4.78 is 0. The van der Waals surface area contributed by atoms with Crippen LogP contribution in [0.1, 0.15) is 62.6 Å². The summed E-state index contributed by atoms with van der Waals surface area (Å²) in [4.78, 5) is 0. The predicted molar refractivity (Wildman–Crippen MR) is 86.0 cm³/mol. The maximum atomic E-state index is 11.0. The molecule has 0 amide bonds. The molecule has 1 aliphatic rings. The van der Waals surface area contributed by atoms with Gasteiger partial charge in [-0.1, -0.05) is 56.0 Å². The summed E-state index contributed by atoms with van der Waals surface area (Å²) >= 11 is 0. The van der Waals surface area contributed by atoms with Crippen molar-refractivity contribution in [1.82, 2.24) is 0 Å². The van der Waals surface area contributed by atoms with E-state index in [1.165, 1.54) is 36.0 Å². The van der Waals surface area contributed by atoms with E-state index < -0.39 is 5.60 Å². The van der Waals surface area contributed by atoms with Gasteiger partial charge in [0, 0.05) is 6.42 Å². The largest absolute Gasteiger partial charge is 0.390 e. The fourth-order valence-corrected chi connectivity index (χ4v) is 3.81. The van der Waals surface area contributed by atoms with Crippen LogP contribution in [-0.2, 0) is 6.42 Å². The summed E-state index contributed by atoms with van der Waals surface area (Å²) in [6.45, 7) is 8.92. The SMILES string of the molecule is Cc1cc(C)cc(CC2(O)CCCC(C(C)C)CC2)c1. The molecule has 1 N–H and O–H groups in total. The van der Waals surface area contributed by atoms with Crippen LogP contribution in [0.25, 0.3) is 0 Å². The third kappa shape index (κ3) is 4.09. The van der Waals surface area contributed by atoms with Crippen LogP contribution in [-0.4, -0.2) is 10.7 Å². The highest BCUT2D eigenvalue weighted by molar-refractivity contribution is 5.29. The molecule has 2 unspecified atom stereocenters. The Bertz CT molecular complexity index is 429. The molecule has 1 heteroatoms. The van der Waals surface area contributed by atoms with Gasteiger partial charge in [-0.05, 0) is 50.5 Å². The van der Waals surface area contributed by atoms with E-state index in [9.17, 15) is 5.11 Å².